The van der Waals surface area contributed by atoms with E-state index in [1.165, 1.54) is 18.2 Å². The van der Waals surface area contributed by atoms with E-state index in [0.717, 1.165) is 5.56 Å². The molecule has 3 nitrogen and oxygen atoms in total. The van der Waals surface area contributed by atoms with Crippen molar-refractivity contribution in [1.82, 2.24) is 4.98 Å². The zero-order chi connectivity index (χ0) is 19.2. The Labute approximate surface area is 160 Å². The summed E-state index contributed by atoms with van der Waals surface area (Å²) in [4.78, 5) is 16.7. The Kier molecular flexibility index (Phi) is 4.91. The fourth-order valence-corrected chi connectivity index (χ4v) is 3.55. The fraction of sp³-hybridized carbons (Fsp3) is 0.200. The van der Waals surface area contributed by atoms with Gasteiger partial charge < -0.3 is 5.11 Å². The second-order valence-electron chi connectivity index (χ2n) is 6.45. The summed E-state index contributed by atoms with van der Waals surface area (Å²) in [7, 11) is 0. The minimum Gasteiger partial charge on any atom is -0.478 e. The molecule has 0 aliphatic carbocycles. The molecule has 0 aliphatic rings. The number of pyridine rings is 1. The van der Waals surface area contributed by atoms with Gasteiger partial charge in [-0.1, -0.05) is 43.1 Å². The molecule has 0 saturated carbocycles. The second kappa shape index (κ2) is 6.86. The fourth-order valence-electron chi connectivity index (χ4n) is 3.10. The van der Waals surface area contributed by atoms with E-state index in [1.807, 2.05) is 20.8 Å². The number of rotatable bonds is 3. The third-order valence-corrected chi connectivity index (χ3v) is 4.75. The molecule has 1 heterocycles. The number of benzene rings is 2. The van der Waals surface area contributed by atoms with Crippen molar-refractivity contribution in [2.24, 2.45) is 0 Å². The van der Waals surface area contributed by atoms with Crippen LogP contribution in [-0.4, -0.2) is 16.1 Å². The highest BCUT2D eigenvalue weighted by Gasteiger charge is 2.24. The number of hydrogen-bond donors (Lipinski definition) is 1. The summed E-state index contributed by atoms with van der Waals surface area (Å²) in [6.45, 7) is 5.63. The number of carboxylic acid groups (broad SMARTS) is 1. The third-order valence-electron chi connectivity index (χ3n) is 4.24. The number of hydrogen-bond acceptors (Lipinski definition) is 2. The summed E-state index contributed by atoms with van der Waals surface area (Å²) in [5, 5.41) is 10.9. The van der Waals surface area contributed by atoms with E-state index in [0.29, 0.717) is 32.7 Å². The van der Waals surface area contributed by atoms with Crippen LogP contribution in [0.1, 0.15) is 41.4 Å². The highest BCUT2D eigenvalue weighted by Crippen LogP contribution is 2.39. The molecular weight excluding hydrogens is 376 g/mol. The van der Waals surface area contributed by atoms with Crippen LogP contribution in [0.5, 0.6) is 0 Å². The molecule has 1 N–H and O–H groups in total. The number of aryl methyl sites for hydroxylation is 1. The zero-order valence-corrected chi connectivity index (χ0v) is 15.9. The van der Waals surface area contributed by atoms with E-state index in [9.17, 15) is 14.3 Å². The summed E-state index contributed by atoms with van der Waals surface area (Å²) in [6, 6.07) is 7.63. The van der Waals surface area contributed by atoms with Crippen molar-refractivity contribution in [3.05, 3.63) is 63.0 Å². The lowest BCUT2D eigenvalue weighted by Gasteiger charge is -2.18. The molecule has 134 valence electrons. The predicted molar refractivity (Wildman–Crippen MR) is 103 cm³/mol. The minimum atomic E-state index is -1.10. The first-order valence-corrected chi connectivity index (χ1v) is 8.78. The second-order valence-corrected chi connectivity index (χ2v) is 7.30. The van der Waals surface area contributed by atoms with E-state index in [-0.39, 0.29) is 16.5 Å². The zero-order valence-electron chi connectivity index (χ0n) is 14.4. The lowest BCUT2D eigenvalue weighted by Crippen LogP contribution is -2.10. The van der Waals surface area contributed by atoms with E-state index < -0.39 is 11.8 Å². The first-order chi connectivity index (χ1) is 12.2. The average Bonchev–Trinajstić information content (AvgIpc) is 2.55. The van der Waals surface area contributed by atoms with Crippen LogP contribution in [-0.2, 0) is 0 Å². The Morgan fingerprint density at radius 1 is 1.19 bits per heavy atom. The van der Waals surface area contributed by atoms with E-state index in [1.54, 1.807) is 12.1 Å². The molecule has 0 atom stereocenters. The van der Waals surface area contributed by atoms with Crippen LogP contribution >= 0.6 is 23.2 Å². The van der Waals surface area contributed by atoms with Crippen molar-refractivity contribution < 1.29 is 14.3 Å². The Hall–Kier alpha value is -2.17. The summed E-state index contributed by atoms with van der Waals surface area (Å²) in [5.74, 6) is -1.78. The first kappa shape index (κ1) is 18.6. The van der Waals surface area contributed by atoms with Gasteiger partial charge in [0.1, 0.15) is 5.82 Å². The number of carbonyl (C=O) groups is 1. The van der Waals surface area contributed by atoms with Crippen molar-refractivity contribution in [1.29, 1.82) is 0 Å². The van der Waals surface area contributed by atoms with E-state index >= 15 is 0 Å². The number of nitrogens with zero attached hydrogens (tertiary/aromatic N) is 1. The van der Waals surface area contributed by atoms with Crippen LogP contribution in [0.4, 0.5) is 4.39 Å². The van der Waals surface area contributed by atoms with Crippen LogP contribution in [0.25, 0.3) is 22.0 Å². The standard InChI is InChI=1S/C20H16Cl2FNO2/c1-9(2)18-17(20(25)26)16(11-4-5-15(23)14(22)7-11)13-8-12(21)6-10(3)19(13)24-18/h4-9H,1-3H3,(H,25,26). The molecule has 0 fully saturated rings. The van der Waals surface area contributed by atoms with Crippen LogP contribution < -0.4 is 0 Å². The summed E-state index contributed by atoms with van der Waals surface area (Å²) in [5.41, 5.74) is 2.99. The molecule has 0 unspecified atom stereocenters. The summed E-state index contributed by atoms with van der Waals surface area (Å²) in [6.07, 6.45) is 0. The monoisotopic (exact) mass is 391 g/mol. The van der Waals surface area contributed by atoms with Crippen molar-refractivity contribution in [2.75, 3.05) is 0 Å². The first-order valence-electron chi connectivity index (χ1n) is 8.03. The Bertz CT molecular complexity index is 1050. The molecule has 6 heteroatoms. The minimum absolute atomic E-state index is 0.0753. The van der Waals surface area contributed by atoms with Gasteiger partial charge in [0.05, 0.1) is 21.8 Å². The smallest absolute Gasteiger partial charge is 0.338 e. The number of carboxylic acids is 1. The maximum absolute atomic E-state index is 13.6. The molecule has 26 heavy (non-hydrogen) atoms. The molecule has 2 aromatic carbocycles. The molecule has 3 aromatic rings. The van der Waals surface area contributed by atoms with Crippen LogP contribution in [0.3, 0.4) is 0 Å². The van der Waals surface area contributed by atoms with Crippen molar-refractivity contribution >= 4 is 40.1 Å². The van der Waals surface area contributed by atoms with Gasteiger partial charge in [-0.3, -0.25) is 4.98 Å². The number of aromatic carboxylic acids is 1. The third kappa shape index (κ3) is 3.15. The van der Waals surface area contributed by atoms with Gasteiger partial charge in [-0.2, -0.15) is 0 Å². The molecule has 0 radical (unpaired) electrons. The van der Waals surface area contributed by atoms with Crippen LogP contribution in [0, 0.1) is 12.7 Å². The largest absolute Gasteiger partial charge is 0.478 e. The van der Waals surface area contributed by atoms with Gasteiger partial charge >= 0.3 is 5.97 Å². The van der Waals surface area contributed by atoms with E-state index in [4.69, 9.17) is 23.2 Å². The molecule has 3 rings (SSSR count). The van der Waals surface area contributed by atoms with Gasteiger partial charge in [0, 0.05) is 16.0 Å². The van der Waals surface area contributed by atoms with Crippen LogP contribution in [0.15, 0.2) is 30.3 Å². The number of halogens is 3. The average molecular weight is 392 g/mol. The Balaban J connectivity index is 2.56. The lowest BCUT2D eigenvalue weighted by atomic mass is 9.90. The SMILES string of the molecule is Cc1cc(Cl)cc2c(-c3ccc(F)c(Cl)c3)c(C(=O)O)c(C(C)C)nc12. The highest BCUT2D eigenvalue weighted by molar-refractivity contribution is 6.32. The molecule has 0 aliphatic heterocycles. The quantitative estimate of drug-likeness (QED) is 0.555. The highest BCUT2D eigenvalue weighted by atomic mass is 35.5. The Morgan fingerprint density at radius 3 is 2.46 bits per heavy atom. The van der Waals surface area contributed by atoms with Gasteiger partial charge in [-0.15, -0.1) is 0 Å². The number of fused-ring (bicyclic) bond motifs is 1. The summed E-state index contributed by atoms with van der Waals surface area (Å²) >= 11 is 12.2. The Morgan fingerprint density at radius 2 is 1.88 bits per heavy atom. The molecule has 0 bridgehead atoms. The molecule has 0 amide bonds. The maximum Gasteiger partial charge on any atom is 0.338 e. The van der Waals surface area contributed by atoms with Crippen molar-refractivity contribution in [3.63, 3.8) is 0 Å². The molecule has 0 saturated heterocycles. The predicted octanol–water partition coefficient (Wildman–Crippen LogP) is 6.48. The van der Waals surface area contributed by atoms with Gasteiger partial charge in [0.15, 0.2) is 0 Å². The maximum atomic E-state index is 13.6. The summed E-state index contributed by atoms with van der Waals surface area (Å²) < 4.78 is 13.6. The van der Waals surface area contributed by atoms with Crippen molar-refractivity contribution in [3.8, 4) is 11.1 Å². The molecule has 1 aromatic heterocycles. The van der Waals surface area contributed by atoms with Gasteiger partial charge in [-0.25, -0.2) is 9.18 Å². The normalized spacial score (nSPS) is 11.3. The van der Waals surface area contributed by atoms with Crippen LogP contribution in [0.2, 0.25) is 10.0 Å². The van der Waals surface area contributed by atoms with Crippen molar-refractivity contribution in [2.45, 2.75) is 26.7 Å². The molecular formula is C20H16Cl2FNO2. The molecule has 0 spiro atoms. The van der Waals surface area contributed by atoms with Gasteiger partial charge in [0.2, 0.25) is 0 Å². The topological polar surface area (TPSA) is 50.2 Å². The lowest BCUT2D eigenvalue weighted by molar-refractivity contribution is 0.0695. The van der Waals surface area contributed by atoms with E-state index in [2.05, 4.69) is 4.98 Å². The number of aromatic nitrogens is 1. The van der Waals surface area contributed by atoms with Gasteiger partial charge in [0.25, 0.3) is 0 Å². The van der Waals surface area contributed by atoms with Gasteiger partial charge in [-0.05, 0) is 48.2 Å².